The number of hydrogen-bond acceptors (Lipinski definition) is 4. The van der Waals surface area contributed by atoms with Crippen LogP contribution in [-0.2, 0) is 0 Å². The number of aromatic hydroxyl groups is 1. The first kappa shape index (κ1) is 15.3. The summed E-state index contributed by atoms with van der Waals surface area (Å²) in [6, 6.07) is 8.31. The molecule has 0 radical (unpaired) electrons. The molecule has 0 unspecified atom stereocenters. The number of nitrogens with zero attached hydrogens (tertiary/aromatic N) is 1. The maximum absolute atomic E-state index is 12.1. The Hall–Kier alpha value is -2.12. The van der Waals surface area contributed by atoms with Crippen LogP contribution in [0.25, 0.3) is 0 Å². The third-order valence-corrected chi connectivity index (χ3v) is 4.03. The second-order valence-electron chi connectivity index (χ2n) is 4.02. The molecule has 0 aliphatic rings. The van der Waals surface area contributed by atoms with Gasteiger partial charge in [-0.3, -0.25) is 14.9 Å². The fourth-order valence-corrected chi connectivity index (χ4v) is 2.15. The van der Waals surface area contributed by atoms with Gasteiger partial charge in [0.1, 0.15) is 0 Å². The Morgan fingerprint density at radius 3 is 2.67 bits per heavy atom. The molecule has 0 fully saturated rings. The van der Waals surface area contributed by atoms with E-state index in [9.17, 15) is 20.0 Å². The lowest BCUT2D eigenvalue weighted by molar-refractivity contribution is -0.385. The van der Waals surface area contributed by atoms with Gasteiger partial charge in [-0.1, -0.05) is 17.7 Å². The quantitative estimate of drug-likeness (QED) is 0.631. The number of nitro benzene ring substituents is 1. The summed E-state index contributed by atoms with van der Waals surface area (Å²) >= 11 is 9.15. The SMILES string of the molecule is O=C(Nc1cccc(Cl)c1Br)c1ccc([N+](=O)[O-])c(O)c1. The van der Waals surface area contributed by atoms with E-state index in [0.29, 0.717) is 15.2 Å². The van der Waals surface area contributed by atoms with Gasteiger partial charge in [-0.05, 0) is 40.2 Å². The molecule has 0 aliphatic heterocycles. The number of nitro groups is 1. The molecule has 0 heterocycles. The zero-order valence-corrected chi connectivity index (χ0v) is 12.7. The smallest absolute Gasteiger partial charge is 0.310 e. The molecule has 8 heteroatoms. The largest absolute Gasteiger partial charge is 0.502 e. The third kappa shape index (κ3) is 3.32. The summed E-state index contributed by atoms with van der Waals surface area (Å²) in [6.07, 6.45) is 0. The Labute approximate surface area is 132 Å². The molecule has 21 heavy (non-hydrogen) atoms. The summed E-state index contributed by atoms with van der Waals surface area (Å²) in [5, 5.41) is 23.1. The first-order chi connectivity index (χ1) is 9.90. The Morgan fingerprint density at radius 1 is 1.33 bits per heavy atom. The Bertz CT molecular complexity index is 736. The number of rotatable bonds is 3. The number of amides is 1. The van der Waals surface area contributed by atoms with Crippen molar-refractivity contribution in [1.29, 1.82) is 0 Å². The summed E-state index contributed by atoms with van der Waals surface area (Å²) in [5.74, 6) is -1.10. The number of phenolic OH excluding ortho intramolecular Hbond substituents is 1. The van der Waals surface area contributed by atoms with Gasteiger partial charge in [-0.2, -0.15) is 0 Å². The first-order valence-electron chi connectivity index (χ1n) is 5.63. The van der Waals surface area contributed by atoms with Crippen LogP contribution in [0.1, 0.15) is 10.4 Å². The van der Waals surface area contributed by atoms with Crippen LogP contribution in [0.15, 0.2) is 40.9 Å². The van der Waals surface area contributed by atoms with Crippen molar-refractivity contribution in [2.75, 3.05) is 5.32 Å². The lowest BCUT2D eigenvalue weighted by Gasteiger charge is -2.08. The topological polar surface area (TPSA) is 92.5 Å². The molecule has 2 aromatic carbocycles. The number of hydrogen-bond donors (Lipinski definition) is 2. The van der Waals surface area contributed by atoms with Gasteiger partial charge < -0.3 is 10.4 Å². The minimum absolute atomic E-state index is 0.0879. The standard InChI is InChI=1S/C13H8BrClN2O4/c14-12-8(15)2-1-3-9(12)16-13(19)7-4-5-10(17(20)21)11(18)6-7/h1-6,18H,(H,16,19). The van der Waals surface area contributed by atoms with Gasteiger partial charge in [0.25, 0.3) is 5.91 Å². The van der Waals surface area contributed by atoms with E-state index in [0.717, 1.165) is 12.1 Å². The molecular formula is C13H8BrClN2O4. The number of phenols is 1. The molecule has 1 amide bonds. The summed E-state index contributed by atoms with van der Waals surface area (Å²) in [7, 11) is 0. The second-order valence-corrected chi connectivity index (χ2v) is 5.22. The van der Waals surface area contributed by atoms with E-state index in [1.165, 1.54) is 6.07 Å². The van der Waals surface area contributed by atoms with E-state index in [1.54, 1.807) is 18.2 Å². The maximum Gasteiger partial charge on any atom is 0.310 e. The maximum atomic E-state index is 12.1. The minimum Gasteiger partial charge on any atom is -0.502 e. The summed E-state index contributed by atoms with van der Waals surface area (Å²) in [4.78, 5) is 21.9. The highest BCUT2D eigenvalue weighted by atomic mass is 79.9. The van der Waals surface area contributed by atoms with Gasteiger partial charge in [0.2, 0.25) is 0 Å². The van der Waals surface area contributed by atoms with Crippen molar-refractivity contribution in [2.45, 2.75) is 0 Å². The minimum atomic E-state index is -0.732. The Kier molecular flexibility index (Phi) is 4.44. The number of carbonyl (C=O) groups is 1. The van der Waals surface area contributed by atoms with Gasteiger partial charge in [0, 0.05) is 11.6 Å². The molecule has 2 N–H and O–H groups in total. The Morgan fingerprint density at radius 2 is 2.05 bits per heavy atom. The van der Waals surface area contributed by atoms with Crippen LogP contribution in [0.4, 0.5) is 11.4 Å². The van der Waals surface area contributed by atoms with E-state index in [1.807, 2.05) is 0 Å². The van der Waals surface area contributed by atoms with E-state index in [4.69, 9.17) is 11.6 Å². The molecule has 0 atom stereocenters. The van der Waals surface area contributed by atoms with Crippen LogP contribution in [0.2, 0.25) is 5.02 Å². The summed E-state index contributed by atoms with van der Waals surface area (Å²) in [6.45, 7) is 0. The molecule has 2 rings (SSSR count). The molecule has 2 aromatic rings. The number of benzene rings is 2. The predicted molar refractivity (Wildman–Crippen MR) is 81.9 cm³/mol. The van der Waals surface area contributed by atoms with Gasteiger partial charge in [-0.15, -0.1) is 0 Å². The van der Waals surface area contributed by atoms with Crippen LogP contribution in [0.3, 0.4) is 0 Å². The highest BCUT2D eigenvalue weighted by Gasteiger charge is 2.17. The third-order valence-electron chi connectivity index (χ3n) is 2.63. The van der Waals surface area contributed by atoms with Crippen molar-refractivity contribution in [3.05, 3.63) is 61.6 Å². The number of anilines is 1. The Balaban J connectivity index is 2.27. The van der Waals surface area contributed by atoms with E-state index in [2.05, 4.69) is 21.2 Å². The van der Waals surface area contributed by atoms with Gasteiger partial charge in [0.15, 0.2) is 5.75 Å². The highest BCUT2D eigenvalue weighted by molar-refractivity contribution is 9.10. The van der Waals surface area contributed by atoms with E-state index in [-0.39, 0.29) is 5.56 Å². The zero-order chi connectivity index (χ0) is 15.6. The lowest BCUT2D eigenvalue weighted by atomic mass is 10.1. The monoisotopic (exact) mass is 370 g/mol. The van der Waals surface area contributed by atoms with E-state index < -0.39 is 22.3 Å². The fraction of sp³-hybridized carbons (Fsp3) is 0. The normalized spacial score (nSPS) is 10.2. The molecule has 108 valence electrons. The molecule has 0 saturated carbocycles. The van der Waals surface area contributed by atoms with Crippen molar-refractivity contribution >= 4 is 44.8 Å². The van der Waals surface area contributed by atoms with Crippen LogP contribution >= 0.6 is 27.5 Å². The average molecular weight is 372 g/mol. The zero-order valence-electron chi connectivity index (χ0n) is 10.3. The van der Waals surface area contributed by atoms with Gasteiger partial charge >= 0.3 is 5.69 Å². The molecule has 0 saturated heterocycles. The molecule has 0 aliphatic carbocycles. The second kappa shape index (κ2) is 6.11. The van der Waals surface area contributed by atoms with Crippen molar-refractivity contribution < 1.29 is 14.8 Å². The average Bonchev–Trinajstić information content (AvgIpc) is 2.43. The van der Waals surface area contributed by atoms with Crippen molar-refractivity contribution in [3.8, 4) is 5.75 Å². The number of halogens is 2. The molecule has 0 bridgehead atoms. The van der Waals surface area contributed by atoms with Crippen LogP contribution < -0.4 is 5.32 Å². The fourth-order valence-electron chi connectivity index (χ4n) is 1.61. The number of nitrogens with one attached hydrogen (secondary N) is 1. The van der Waals surface area contributed by atoms with Crippen molar-refractivity contribution in [3.63, 3.8) is 0 Å². The number of carbonyl (C=O) groups excluding carboxylic acids is 1. The first-order valence-corrected chi connectivity index (χ1v) is 6.80. The van der Waals surface area contributed by atoms with Gasteiger partial charge in [-0.25, -0.2) is 0 Å². The molecule has 0 aromatic heterocycles. The van der Waals surface area contributed by atoms with Crippen LogP contribution in [0, 0.1) is 10.1 Å². The van der Waals surface area contributed by atoms with Crippen LogP contribution in [-0.4, -0.2) is 15.9 Å². The van der Waals surface area contributed by atoms with Crippen molar-refractivity contribution in [2.24, 2.45) is 0 Å². The highest BCUT2D eigenvalue weighted by Crippen LogP contribution is 2.31. The molecular weight excluding hydrogens is 364 g/mol. The summed E-state index contributed by atoms with van der Waals surface area (Å²) in [5.41, 5.74) is 0.0748. The van der Waals surface area contributed by atoms with E-state index >= 15 is 0 Å². The van der Waals surface area contributed by atoms with Crippen molar-refractivity contribution in [1.82, 2.24) is 0 Å². The molecule has 6 nitrogen and oxygen atoms in total. The molecule has 0 spiro atoms. The summed E-state index contributed by atoms with van der Waals surface area (Å²) < 4.78 is 0.520. The van der Waals surface area contributed by atoms with Crippen LogP contribution in [0.5, 0.6) is 5.75 Å². The lowest BCUT2D eigenvalue weighted by Crippen LogP contribution is -2.12. The van der Waals surface area contributed by atoms with Gasteiger partial charge in [0.05, 0.1) is 20.1 Å². The predicted octanol–water partition coefficient (Wildman–Crippen LogP) is 3.97.